The molecule has 1 N–H and O–H groups in total. The third-order valence-corrected chi connectivity index (χ3v) is 4.36. The number of benzene rings is 1. The highest BCUT2D eigenvalue weighted by molar-refractivity contribution is 6.04. The van der Waals surface area contributed by atoms with Gasteiger partial charge in [0.2, 0.25) is 5.78 Å². The maximum atomic E-state index is 12.8. The molecule has 8 heteroatoms. The predicted octanol–water partition coefficient (Wildman–Crippen LogP) is 2.86. The minimum atomic E-state index is -1.08. The molecular weight excluding hydrogens is 366 g/mol. The summed E-state index contributed by atoms with van der Waals surface area (Å²) in [6.07, 6.45) is -1.08. The van der Waals surface area contributed by atoms with E-state index in [1.54, 1.807) is 26.0 Å². The second kappa shape index (κ2) is 8.60. The topological polar surface area (TPSA) is 104 Å². The van der Waals surface area contributed by atoms with Crippen molar-refractivity contribution in [3.05, 3.63) is 46.3 Å². The highest BCUT2D eigenvalue weighted by Crippen LogP contribution is 2.26. The van der Waals surface area contributed by atoms with Crippen LogP contribution in [-0.2, 0) is 9.47 Å². The van der Waals surface area contributed by atoms with Crippen molar-refractivity contribution in [2.75, 3.05) is 21.3 Å². The molecule has 0 fully saturated rings. The first-order valence-electron chi connectivity index (χ1n) is 8.49. The van der Waals surface area contributed by atoms with E-state index >= 15 is 0 Å². The maximum Gasteiger partial charge on any atom is 0.342 e. The zero-order valence-corrected chi connectivity index (χ0v) is 16.7. The molecule has 2 rings (SSSR count). The van der Waals surface area contributed by atoms with Gasteiger partial charge in [0.15, 0.2) is 6.10 Å². The van der Waals surface area contributed by atoms with Gasteiger partial charge in [0.05, 0.1) is 32.6 Å². The Morgan fingerprint density at radius 2 is 1.68 bits per heavy atom. The highest BCUT2D eigenvalue weighted by atomic mass is 16.5. The summed E-state index contributed by atoms with van der Waals surface area (Å²) in [7, 11) is 4.18. The molecule has 1 aromatic heterocycles. The lowest BCUT2D eigenvalue weighted by atomic mass is 10.1. The van der Waals surface area contributed by atoms with Gasteiger partial charge in [0, 0.05) is 11.8 Å². The largest absolute Gasteiger partial charge is 0.497 e. The summed E-state index contributed by atoms with van der Waals surface area (Å²) in [5.74, 6) is -0.932. The van der Waals surface area contributed by atoms with Crippen molar-refractivity contribution in [1.82, 2.24) is 4.98 Å². The molecule has 0 amide bonds. The van der Waals surface area contributed by atoms with Crippen LogP contribution in [0.5, 0.6) is 11.5 Å². The van der Waals surface area contributed by atoms with Gasteiger partial charge < -0.3 is 23.9 Å². The van der Waals surface area contributed by atoms with Gasteiger partial charge in [-0.05, 0) is 38.5 Å². The summed E-state index contributed by atoms with van der Waals surface area (Å²) in [6.45, 7) is 4.75. The van der Waals surface area contributed by atoms with E-state index in [9.17, 15) is 14.4 Å². The molecule has 0 aliphatic heterocycles. The Bertz CT molecular complexity index is 914. The average Bonchev–Trinajstić information content (AvgIpc) is 2.99. The zero-order valence-electron chi connectivity index (χ0n) is 16.7. The number of carbonyl (C=O) groups is 3. The van der Waals surface area contributed by atoms with E-state index in [2.05, 4.69) is 4.98 Å². The second-order valence-corrected chi connectivity index (χ2v) is 6.09. The van der Waals surface area contributed by atoms with Crippen LogP contribution in [-0.4, -0.2) is 50.1 Å². The number of ether oxygens (including phenoxy) is 4. The van der Waals surface area contributed by atoms with Crippen molar-refractivity contribution in [2.24, 2.45) is 0 Å². The first-order valence-corrected chi connectivity index (χ1v) is 8.49. The number of methoxy groups -OCH3 is 3. The third-order valence-electron chi connectivity index (χ3n) is 4.36. The fourth-order valence-corrected chi connectivity index (χ4v) is 2.85. The van der Waals surface area contributed by atoms with Crippen molar-refractivity contribution in [2.45, 2.75) is 26.9 Å². The number of hydrogen-bond donors (Lipinski definition) is 1. The molecular formula is C20H23NO7. The van der Waals surface area contributed by atoms with E-state index in [0.717, 1.165) is 0 Å². The first-order chi connectivity index (χ1) is 13.2. The number of H-pyrrole nitrogens is 1. The molecule has 0 saturated heterocycles. The Hall–Kier alpha value is -3.29. The number of nitrogens with one attached hydrogen (secondary N) is 1. The minimum Gasteiger partial charge on any atom is -0.497 e. The van der Waals surface area contributed by atoms with Crippen molar-refractivity contribution in [3.63, 3.8) is 0 Å². The normalized spacial score (nSPS) is 11.5. The number of esters is 2. The lowest BCUT2D eigenvalue weighted by Crippen LogP contribution is -2.25. The van der Waals surface area contributed by atoms with Gasteiger partial charge in [-0.25, -0.2) is 9.59 Å². The number of hydrogen-bond acceptors (Lipinski definition) is 7. The van der Waals surface area contributed by atoms with Gasteiger partial charge in [0.1, 0.15) is 17.1 Å². The first kappa shape index (κ1) is 21.0. The SMILES string of the molecule is COC(=O)c1c(C)[nH]c(C(=O)[C@@H](C)OC(=O)c2ccc(OC)cc2OC)c1C. The van der Waals surface area contributed by atoms with E-state index in [1.807, 2.05) is 0 Å². The smallest absolute Gasteiger partial charge is 0.342 e. The Kier molecular flexibility index (Phi) is 6.45. The molecule has 0 radical (unpaired) electrons. The fourth-order valence-electron chi connectivity index (χ4n) is 2.85. The number of rotatable bonds is 7. The molecule has 150 valence electrons. The quantitative estimate of drug-likeness (QED) is 0.573. The summed E-state index contributed by atoms with van der Waals surface area (Å²) < 4.78 is 20.3. The Labute approximate surface area is 162 Å². The Morgan fingerprint density at radius 1 is 1.00 bits per heavy atom. The summed E-state index contributed by atoms with van der Waals surface area (Å²) in [6, 6.07) is 4.63. The summed E-state index contributed by atoms with van der Waals surface area (Å²) in [4.78, 5) is 40.0. The lowest BCUT2D eigenvalue weighted by Gasteiger charge is -2.14. The number of carbonyl (C=O) groups excluding carboxylic acids is 3. The van der Waals surface area contributed by atoms with E-state index in [-0.39, 0.29) is 17.0 Å². The van der Waals surface area contributed by atoms with Crippen LogP contribution in [0.4, 0.5) is 0 Å². The molecule has 1 aromatic carbocycles. The van der Waals surface area contributed by atoms with Crippen LogP contribution in [0.15, 0.2) is 18.2 Å². The van der Waals surface area contributed by atoms with Crippen molar-refractivity contribution in [1.29, 1.82) is 0 Å². The zero-order chi connectivity index (χ0) is 21.0. The number of aromatic amines is 1. The molecule has 0 spiro atoms. The number of aromatic nitrogens is 1. The Balaban J connectivity index is 2.24. The van der Waals surface area contributed by atoms with Crippen LogP contribution in [0.1, 0.15) is 49.4 Å². The van der Waals surface area contributed by atoms with Crippen LogP contribution >= 0.6 is 0 Å². The number of ketones is 1. The monoisotopic (exact) mass is 389 g/mol. The van der Waals surface area contributed by atoms with Crippen LogP contribution in [0.25, 0.3) is 0 Å². The van der Waals surface area contributed by atoms with Crippen molar-refractivity contribution >= 4 is 17.7 Å². The molecule has 1 atom stereocenters. The van der Waals surface area contributed by atoms with Gasteiger partial charge in [-0.1, -0.05) is 0 Å². The average molecular weight is 389 g/mol. The molecule has 1 heterocycles. The van der Waals surface area contributed by atoms with Crippen LogP contribution < -0.4 is 9.47 Å². The summed E-state index contributed by atoms with van der Waals surface area (Å²) >= 11 is 0. The molecule has 0 aliphatic rings. The fraction of sp³-hybridized carbons (Fsp3) is 0.350. The van der Waals surface area contributed by atoms with Crippen LogP contribution in [0.2, 0.25) is 0 Å². The molecule has 8 nitrogen and oxygen atoms in total. The summed E-state index contributed by atoms with van der Waals surface area (Å²) in [5, 5.41) is 0. The molecule has 0 unspecified atom stereocenters. The van der Waals surface area contributed by atoms with Gasteiger partial charge in [-0.2, -0.15) is 0 Å². The molecule has 2 aromatic rings. The Morgan fingerprint density at radius 3 is 2.25 bits per heavy atom. The van der Waals surface area contributed by atoms with E-state index < -0.39 is 23.8 Å². The van der Waals surface area contributed by atoms with Gasteiger partial charge in [-0.3, -0.25) is 4.79 Å². The lowest BCUT2D eigenvalue weighted by molar-refractivity contribution is 0.0313. The van der Waals surface area contributed by atoms with Gasteiger partial charge in [-0.15, -0.1) is 0 Å². The van der Waals surface area contributed by atoms with E-state index in [1.165, 1.54) is 34.3 Å². The van der Waals surface area contributed by atoms with Gasteiger partial charge in [0.25, 0.3) is 0 Å². The molecule has 0 saturated carbocycles. The minimum absolute atomic E-state index is 0.164. The van der Waals surface area contributed by atoms with Crippen LogP contribution in [0, 0.1) is 13.8 Å². The molecule has 28 heavy (non-hydrogen) atoms. The maximum absolute atomic E-state index is 12.8. The predicted molar refractivity (Wildman–Crippen MR) is 100 cm³/mol. The molecule has 0 bridgehead atoms. The van der Waals surface area contributed by atoms with Crippen molar-refractivity contribution < 1.29 is 33.3 Å². The second-order valence-electron chi connectivity index (χ2n) is 6.09. The van der Waals surface area contributed by atoms with Crippen molar-refractivity contribution in [3.8, 4) is 11.5 Å². The van der Waals surface area contributed by atoms with Gasteiger partial charge >= 0.3 is 11.9 Å². The van der Waals surface area contributed by atoms with Crippen LogP contribution in [0.3, 0.4) is 0 Å². The van der Waals surface area contributed by atoms with E-state index in [0.29, 0.717) is 22.6 Å². The summed E-state index contributed by atoms with van der Waals surface area (Å²) in [5.41, 5.74) is 1.60. The highest BCUT2D eigenvalue weighted by Gasteiger charge is 2.28. The standard InChI is InChI=1S/C20H23NO7/c1-10-16(20(24)27-6)11(2)21-17(10)18(22)12(3)28-19(23)14-8-7-13(25-4)9-15(14)26-5/h7-9,12,21H,1-6H3/t12-/m1/s1. The van der Waals surface area contributed by atoms with E-state index in [4.69, 9.17) is 18.9 Å². The number of Topliss-reactive ketones (excluding diaryl/α,β-unsaturated/α-hetero) is 1. The number of aryl methyl sites for hydroxylation is 1. The third kappa shape index (κ3) is 4.00. The molecule has 0 aliphatic carbocycles.